The lowest BCUT2D eigenvalue weighted by molar-refractivity contribution is 0.467. The summed E-state index contributed by atoms with van der Waals surface area (Å²) in [5.41, 5.74) is 1.09. The molecule has 4 nitrogen and oxygen atoms in total. The molecule has 0 atom stereocenters. The van der Waals surface area contributed by atoms with Crippen molar-refractivity contribution < 1.29 is 4.74 Å². The average Bonchev–Trinajstić information content (AvgIpc) is 2.41. The van der Waals surface area contributed by atoms with Gasteiger partial charge < -0.3 is 10.1 Å². The van der Waals surface area contributed by atoms with E-state index in [0.717, 1.165) is 35.3 Å². The Morgan fingerprint density at radius 1 is 1.26 bits per heavy atom. The van der Waals surface area contributed by atoms with E-state index in [1.165, 1.54) is 0 Å². The summed E-state index contributed by atoms with van der Waals surface area (Å²) in [4.78, 5) is 8.18. The number of nitrogens with zero attached hydrogens (tertiary/aromatic N) is 2. The minimum absolute atomic E-state index is 0.694. The highest BCUT2D eigenvalue weighted by Gasteiger charge is 2.05. The molecule has 0 aliphatic rings. The van der Waals surface area contributed by atoms with E-state index in [1.54, 1.807) is 24.8 Å². The molecule has 2 aromatic heterocycles. The fourth-order valence-electron chi connectivity index (χ4n) is 1.62. The third kappa shape index (κ3) is 4.29. The van der Waals surface area contributed by atoms with Crippen LogP contribution in [-0.4, -0.2) is 16.5 Å². The van der Waals surface area contributed by atoms with E-state index < -0.39 is 0 Å². The lowest BCUT2D eigenvalue weighted by atomic mass is 10.2. The van der Waals surface area contributed by atoms with Crippen molar-refractivity contribution in [2.24, 2.45) is 0 Å². The van der Waals surface area contributed by atoms with E-state index in [2.05, 4.69) is 38.1 Å². The Kier molecular flexibility index (Phi) is 5.30. The zero-order valence-electron chi connectivity index (χ0n) is 10.8. The fraction of sp³-hybridized carbons (Fsp3) is 0.286. The number of rotatable bonds is 6. The molecule has 2 aromatic rings. The van der Waals surface area contributed by atoms with Crippen molar-refractivity contribution in [3.05, 3.63) is 47.0 Å². The van der Waals surface area contributed by atoms with Gasteiger partial charge in [0, 0.05) is 29.0 Å². The first-order valence-electron chi connectivity index (χ1n) is 6.21. The second kappa shape index (κ2) is 7.21. The average molecular weight is 322 g/mol. The number of ether oxygens (including phenoxy) is 1. The van der Waals surface area contributed by atoms with E-state index in [4.69, 9.17) is 4.74 Å². The Bertz CT molecular complexity index is 534. The van der Waals surface area contributed by atoms with Crippen molar-refractivity contribution >= 4 is 15.9 Å². The first-order valence-corrected chi connectivity index (χ1v) is 7.01. The van der Waals surface area contributed by atoms with Crippen molar-refractivity contribution in [3.63, 3.8) is 0 Å². The predicted octanol–water partition coefficient (Wildman–Crippen LogP) is 3.53. The minimum atomic E-state index is 0.694. The van der Waals surface area contributed by atoms with E-state index >= 15 is 0 Å². The third-order valence-electron chi connectivity index (χ3n) is 2.52. The van der Waals surface area contributed by atoms with Crippen molar-refractivity contribution in [2.45, 2.75) is 19.9 Å². The Balaban J connectivity index is 2.11. The van der Waals surface area contributed by atoms with Crippen molar-refractivity contribution in [2.75, 3.05) is 6.54 Å². The molecule has 100 valence electrons. The molecule has 2 heterocycles. The first-order chi connectivity index (χ1) is 9.29. The lowest BCUT2D eigenvalue weighted by Gasteiger charge is -2.11. The Hall–Kier alpha value is -1.46. The highest BCUT2D eigenvalue weighted by atomic mass is 79.9. The van der Waals surface area contributed by atoms with Crippen molar-refractivity contribution in [1.29, 1.82) is 0 Å². The molecule has 0 saturated carbocycles. The Morgan fingerprint density at radius 2 is 2.16 bits per heavy atom. The standard InChI is InChI=1S/C14H16BrN3O/c1-2-4-16-7-11-3-5-17-10-14(11)19-13-6-12(15)8-18-9-13/h3,5-6,8-10,16H,2,4,7H2,1H3. The highest BCUT2D eigenvalue weighted by molar-refractivity contribution is 9.10. The van der Waals surface area contributed by atoms with Gasteiger partial charge >= 0.3 is 0 Å². The van der Waals surface area contributed by atoms with Crippen LogP contribution in [0.5, 0.6) is 11.5 Å². The summed E-state index contributed by atoms with van der Waals surface area (Å²) < 4.78 is 6.71. The molecule has 0 unspecified atom stereocenters. The van der Waals surface area contributed by atoms with Gasteiger partial charge in [0.25, 0.3) is 0 Å². The quantitative estimate of drug-likeness (QED) is 0.827. The van der Waals surface area contributed by atoms with Gasteiger partial charge in [-0.05, 0) is 41.0 Å². The molecule has 1 N–H and O–H groups in total. The molecule has 0 bridgehead atoms. The predicted molar refractivity (Wildman–Crippen MR) is 78.2 cm³/mol. The molecule has 0 aliphatic heterocycles. The zero-order valence-corrected chi connectivity index (χ0v) is 12.4. The fourth-order valence-corrected chi connectivity index (χ4v) is 1.97. The summed E-state index contributed by atoms with van der Waals surface area (Å²) in [6.45, 7) is 3.90. The van der Waals surface area contributed by atoms with Crippen LogP contribution in [0.4, 0.5) is 0 Å². The van der Waals surface area contributed by atoms with Gasteiger partial charge in [0.1, 0.15) is 11.5 Å². The number of pyridine rings is 2. The number of hydrogen-bond donors (Lipinski definition) is 1. The van der Waals surface area contributed by atoms with Gasteiger partial charge in [-0.3, -0.25) is 9.97 Å². The molecule has 0 spiro atoms. The summed E-state index contributed by atoms with van der Waals surface area (Å²) in [5.74, 6) is 1.45. The molecule has 0 amide bonds. The monoisotopic (exact) mass is 321 g/mol. The van der Waals surface area contributed by atoms with Gasteiger partial charge in [0.05, 0.1) is 12.4 Å². The van der Waals surface area contributed by atoms with Crippen LogP contribution < -0.4 is 10.1 Å². The molecule has 0 aliphatic carbocycles. The first kappa shape index (κ1) is 14.0. The van der Waals surface area contributed by atoms with Crippen LogP contribution >= 0.6 is 15.9 Å². The Labute approximate surface area is 121 Å². The van der Waals surface area contributed by atoms with Crippen LogP contribution in [0.1, 0.15) is 18.9 Å². The number of hydrogen-bond acceptors (Lipinski definition) is 4. The summed E-state index contributed by atoms with van der Waals surface area (Å²) in [6, 6.07) is 3.84. The Morgan fingerprint density at radius 3 is 2.95 bits per heavy atom. The van der Waals surface area contributed by atoms with Crippen LogP contribution in [0, 0.1) is 0 Å². The largest absolute Gasteiger partial charge is 0.454 e. The molecular weight excluding hydrogens is 306 g/mol. The van der Waals surface area contributed by atoms with Crippen molar-refractivity contribution in [1.82, 2.24) is 15.3 Å². The number of nitrogens with one attached hydrogen (secondary N) is 1. The molecular formula is C14H16BrN3O. The second-order valence-corrected chi connectivity index (χ2v) is 5.02. The van der Waals surface area contributed by atoms with Gasteiger partial charge in [0.2, 0.25) is 0 Å². The second-order valence-electron chi connectivity index (χ2n) is 4.10. The molecule has 0 fully saturated rings. The van der Waals surface area contributed by atoms with Crippen molar-refractivity contribution in [3.8, 4) is 11.5 Å². The molecule has 0 saturated heterocycles. The van der Waals surface area contributed by atoms with Gasteiger partial charge in [-0.1, -0.05) is 6.92 Å². The highest BCUT2D eigenvalue weighted by Crippen LogP contribution is 2.25. The topological polar surface area (TPSA) is 47.0 Å². The molecule has 0 aromatic carbocycles. The molecule has 5 heteroatoms. The molecule has 19 heavy (non-hydrogen) atoms. The third-order valence-corrected chi connectivity index (χ3v) is 2.95. The summed E-state index contributed by atoms with van der Waals surface area (Å²) in [6.07, 6.45) is 8.01. The van der Waals surface area contributed by atoms with E-state index in [9.17, 15) is 0 Å². The van der Waals surface area contributed by atoms with E-state index in [-0.39, 0.29) is 0 Å². The zero-order chi connectivity index (χ0) is 13.5. The summed E-state index contributed by atoms with van der Waals surface area (Å²) in [7, 11) is 0. The maximum Gasteiger partial charge on any atom is 0.150 e. The molecule has 0 radical (unpaired) electrons. The number of aromatic nitrogens is 2. The van der Waals surface area contributed by atoms with Gasteiger partial charge in [-0.15, -0.1) is 0 Å². The van der Waals surface area contributed by atoms with Gasteiger partial charge in [0.15, 0.2) is 0 Å². The van der Waals surface area contributed by atoms with Crippen LogP contribution in [0.15, 0.2) is 41.4 Å². The smallest absolute Gasteiger partial charge is 0.150 e. The minimum Gasteiger partial charge on any atom is -0.454 e. The molecule has 2 rings (SSSR count). The van der Waals surface area contributed by atoms with Gasteiger partial charge in [-0.25, -0.2) is 0 Å². The van der Waals surface area contributed by atoms with Crippen LogP contribution in [-0.2, 0) is 6.54 Å². The maximum atomic E-state index is 5.83. The summed E-state index contributed by atoms with van der Waals surface area (Å²) in [5, 5.41) is 3.36. The maximum absolute atomic E-state index is 5.83. The van der Waals surface area contributed by atoms with Crippen LogP contribution in [0.25, 0.3) is 0 Å². The van der Waals surface area contributed by atoms with Gasteiger partial charge in [-0.2, -0.15) is 0 Å². The van der Waals surface area contributed by atoms with Crippen LogP contribution in [0.3, 0.4) is 0 Å². The number of halogens is 1. The van der Waals surface area contributed by atoms with E-state index in [1.807, 2.05) is 12.1 Å². The lowest BCUT2D eigenvalue weighted by Crippen LogP contribution is -2.14. The SMILES string of the molecule is CCCNCc1ccncc1Oc1cncc(Br)c1. The summed E-state index contributed by atoms with van der Waals surface area (Å²) >= 11 is 3.37. The van der Waals surface area contributed by atoms with Crippen LogP contribution in [0.2, 0.25) is 0 Å². The normalized spacial score (nSPS) is 10.4. The van der Waals surface area contributed by atoms with E-state index in [0.29, 0.717) is 5.75 Å².